The van der Waals surface area contributed by atoms with Gasteiger partial charge >= 0.3 is 26.7 Å². The summed E-state index contributed by atoms with van der Waals surface area (Å²) >= 11 is -0.227. The summed E-state index contributed by atoms with van der Waals surface area (Å²) in [4.78, 5) is 20.0. The van der Waals surface area contributed by atoms with Crippen LogP contribution in [0.15, 0.2) is 103 Å². The number of rotatable bonds is 6. The molecule has 0 amide bonds. The zero-order valence-electron chi connectivity index (χ0n) is 49.3. The van der Waals surface area contributed by atoms with Crippen LogP contribution in [-0.2, 0) is 10.1 Å². The van der Waals surface area contributed by atoms with Gasteiger partial charge in [0.2, 0.25) is 0 Å². The first kappa shape index (κ1) is 24.9. The summed E-state index contributed by atoms with van der Waals surface area (Å²) in [6.45, 7) is -20.4. The zero-order valence-corrected chi connectivity index (χ0v) is 31.3. The first-order valence-electron chi connectivity index (χ1n) is 24.8. The van der Waals surface area contributed by atoms with E-state index >= 15 is 0 Å². The highest BCUT2D eigenvalue weighted by molar-refractivity contribution is 7.86. The van der Waals surface area contributed by atoms with E-state index in [2.05, 4.69) is 12.1 Å². The van der Waals surface area contributed by atoms with Crippen LogP contribution in [0.25, 0.3) is 0 Å². The fraction of sp³-hybridized carbons (Fsp3) is 0.351. The minimum atomic E-state index is -6.09. The number of alkyl halides is 3. The van der Waals surface area contributed by atoms with Crippen molar-refractivity contribution in [2.24, 2.45) is 0 Å². The van der Waals surface area contributed by atoms with Crippen molar-refractivity contribution in [1.29, 1.82) is 0 Å². The Labute approximate surface area is 359 Å². The van der Waals surface area contributed by atoms with E-state index in [0.29, 0.717) is 5.69 Å². The molecule has 0 aliphatic carbocycles. The molecule has 304 valence electrons. The highest BCUT2D eigenvalue weighted by atomic mass is 127. The molecule has 0 aliphatic rings. The summed E-state index contributed by atoms with van der Waals surface area (Å²) in [6.07, 6.45) is 0. The number of anilines is 1. The molecule has 0 unspecified atom stereocenters. The average molecular weight is 931 g/mol. The monoisotopic (exact) mass is 930 g/mol. The normalized spacial score (nSPS) is 18.6. The van der Waals surface area contributed by atoms with E-state index in [1.54, 1.807) is 12.1 Å². The number of aliphatic hydroxyl groups is 1. The van der Waals surface area contributed by atoms with Crippen molar-refractivity contribution in [3.05, 3.63) is 130 Å². The fourth-order valence-electron chi connectivity index (χ4n) is 2.75. The summed E-state index contributed by atoms with van der Waals surface area (Å²) in [5.41, 5.74) is -8.41. The van der Waals surface area contributed by atoms with Crippen molar-refractivity contribution in [2.75, 3.05) is 5.73 Å². The highest BCUT2D eigenvalue weighted by Crippen LogP contribution is 2.22. The predicted octanol–water partition coefficient (Wildman–Crippen LogP) is 5.77. The second-order valence-corrected chi connectivity index (χ2v) is 14.9. The Morgan fingerprint density at radius 3 is 1.31 bits per heavy atom. The SMILES string of the molecule is O=S(=O)([O-])C(F)(F)F.O=[N+]([O-])c1ccc([I+]c2ccccc2)cc1.[2H]C([2H])([2H])C(C)(C)O.[2H]C([2H])([2H])C(Oc1ccc(N)cc1)(C([2H])([2H])[2H])C([2H])([2H])[2H].[2H]C([2H])([2H])C(Oc1ccc([N+](=O)[O-])cc1)(C([2H])([2H])[2H])C([2H])([2H])[2H]. The van der Waals surface area contributed by atoms with E-state index in [9.17, 15) is 33.4 Å². The number of ether oxygens (including phenoxy) is 2. The molecule has 4 rings (SSSR count). The fourth-order valence-corrected chi connectivity index (χ4v) is 4.97. The number of hydrogen-bond donors (Lipinski definition) is 2. The first-order chi connectivity index (χ1) is 33.6. The van der Waals surface area contributed by atoms with Crippen LogP contribution in [0.3, 0.4) is 0 Å². The molecule has 55 heavy (non-hydrogen) atoms. The van der Waals surface area contributed by atoms with Crippen LogP contribution in [0.5, 0.6) is 11.5 Å². The molecule has 0 aromatic heterocycles. The van der Waals surface area contributed by atoms with Gasteiger partial charge in [-0.2, -0.15) is 13.2 Å². The maximum atomic E-state index is 10.7. The third-order valence-corrected chi connectivity index (χ3v) is 7.99. The summed E-state index contributed by atoms with van der Waals surface area (Å²) in [7, 11) is -6.09. The molecule has 0 radical (unpaired) electrons. The highest BCUT2D eigenvalue weighted by Gasteiger charge is 2.37. The zero-order chi connectivity index (χ0) is 60.3. The van der Waals surface area contributed by atoms with Gasteiger partial charge in [0.05, 0.1) is 15.4 Å². The molecule has 4 aromatic carbocycles. The van der Waals surface area contributed by atoms with E-state index in [0.717, 1.165) is 24.3 Å². The Bertz CT molecular complexity index is 2510. The van der Waals surface area contributed by atoms with Gasteiger partial charge in [0.15, 0.2) is 17.3 Å². The van der Waals surface area contributed by atoms with Gasteiger partial charge in [0, 0.05) is 58.7 Å². The summed E-state index contributed by atoms with van der Waals surface area (Å²) < 4.78 is 224. The Hall–Kier alpha value is -4.53. The number of non-ortho nitro benzene ring substituents is 2. The van der Waals surface area contributed by atoms with Gasteiger partial charge in [-0.25, -0.2) is 8.42 Å². The molecule has 0 bridgehead atoms. The summed E-state index contributed by atoms with van der Waals surface area (Å²) in [6, 6.07) is 25.9. The van der Waals surface area contributed by atoms with Crippen molar-refractivity contribution in [3.63, 3.8) is 0 Å². The number of halogens is 4. The molecular formula is C37H47F3IN3O10S. The average Bonchev–Trinajstić information content (AvgIpc) is 3.20. The number of nitro benzene ring substituents is 2. The topological polar surface area (TPSA) is 208 Å². The third-order valence-electron chi connectivity index (χ3n) is 4.74. The third kappa shape index (κ3) is 26.8. The quantitative estimate of drug-likeness (QED) is 0.0593. The van der Waals surface area contributed by atoms with Crippen LogP contribution in [0.1, 0.15) is 90.6 Å². The van der Waals surface area contributed by atoms with Crippen molar-refractivity contribution < 1.29 is 101 Å². The van der Waals surface area contributed by atoms with Gasteiger partial charge < -0.3 is 24.9 Å². The lowest BCUT2D eigenvalue weighted by Gasteiger charge is -2.21. The van der Waals surface area contributed by atoms with Gasteiger partial charge in [-0.15, -0.1) is 0 Å². The molecule has 0 aliphatic heterocycles. The number of hydrogen-bond acceptors (Lipinski definition) is 11. The minimum Gasteiger partial charge on any atom is -0.741 e. The van der Waals surface area contributed by atoms with Crippen molar-refractivity contribution >= 4 is 27.2 Å². The Morgan fingerprint density at radius 1 is 0.673 bits per heavy atom. The van der Waals surface area contributed by atoms with Crippen molar-refractivity contribution in [2.45, 2.75) is 84.1 Å². The number of benzene rings is 4. The molecule has 13 nitrogen and oxygen atoms in total. The van der Waals surface area contributed by atoms with Gasteiger partial charge in [0.1, 0.15) is 22.7 Å². The van der Waals surface area contributed by atoms with Gasteiger partial charge in [0.25, 0.3) is 11.4 Å². The van der Waals surface area contributed by atoms with Gasteiger partial charge in [-0.05, 0) is 122 Å². The molecular weight excluding hydrogens is 862 g/mol. The van der Waals surface area contributed by atoms with Gasteiger partial charge in [-0.3, -0.25) is 20.2 Å². The Kier molecular flexibility index (Phi) is 10.0. The lowest BCUT2D eigenvalue weighted by atomic mass is 10.2. The van der Waals surface area contributed by atoms with Crippen LogP contribution in [0.4, 0.5) is 30.2 Å². The molecule has 0 spiro atoms. The van der Waals surface area contributed by atoms with E-state index < -0.39 is 91.1 Å². The second kappa shape index (κ2) is 22.1. The maximum absolute atomic E-state index is 10.7. The molecule has 3 N–H and O–H groups in total. The van der Waals surface area contributed by atoms with Crippen LogP contribution in [0, 0.1) is 27.4 Å². The van der Waals surface area contributed by atoms with E-state index in [4.69, 9.17) is 62.1 Å². The van der Waals surface area contributed by atoms with E-state index in [-0.39, 0.29) is 43.3 Å². The van der Waals surface area contributed by atoms with Crippen LogP contribution >= 0.6 is 0 Å². The summed E-state index contributed by atoms with van der Waals surface area (Å²) in [5, 5.41) is 29.8. The minimum absolute atomic E-state index is 0.154. The molecule has 0 heterocycles. The smallest absolute Gasteiger partial charge is 0.485 e. The Morgan fingerprint density at radius 2 is 1.00 bits per heavy atom. The molecule has 0 fully saturated rings. The lowest BCUT2D eigenvalue weighted by Crippen LogP contribution is -3.61. The lowest BCUT2D eigenvalue weighted by molar-refractivity contribution is -0.597. The molecule has 0 atom stereocenters. The molecule has 18 heteroatoms. The van der Waals surface area contributed by atoms with Crippen molar-refractivity contribution in [3.8, 4) is 11.5 Å². The number of nitrogen functional groups attached to an aromatic ring is 1. The van der Waals surface area contributed by atoms with Crippen LogP contribution in [0.2, 0.25) is 0 Å². The predicted molar refractivity (Wildman–Crippen MR) is 199 cm³/mol. The van der Waals surface area contributed by atoms with Crippen LogP contribution in [-0.4, -0.2) is 50.2 Å². The molecule has 4 aromatic rings. The second-order valence-electron chi connectivity index (χ2n) is 10.5. The van der Waals surface area contributed by atoms with Gasteiger partial charge in [-0.1, -0.05) is 18.2 Å². The molecule has 0 saturated heterocycles. The van der Waals surface area contributed by atoms with E-state index in [1.807, 2.05) is 30.3 Å². The van der Waals surface area contributed by atoms with Crippen LogP contribution < -0.4 is 36.4 Å². The number of nitrogens with zero attached hydrogens (tertiary/aromatic N) is 2. The maximum Gasteiger partial charge on any atom is 0.485 e. The summed E-state index contributed by atoms with van der Waals surface area (Å²) in [5.74, 6) is -0.619. The van der Waals surface area contributed by atoms with Crippen molar-refractivity contribution in [1.82, 2.24) is 0 Å². The number of nitro groups is 2. The Balaban J connectivity index is 0.000000979. The largest absolute Gasteiger partial charge is 0.741 e. The standard InChI is InChI=1S/C12H9INO2.C10H13NO3.C10H15NO.C4H10O.CHF3O3S/c15-14(16)12-8-6-11(7-9-12)13-10-4-2-1-3-5-10;1-10(2,3)14-9-6-4-8(5-7-9)11(12)13;1-10(2,3)12-9-6-4-8(11)5-7-9;1-4(2,3)5;2-1(3,4)8(5,6)7/h1-9H;4-7H,1-3H3;4-7H,11H2,1-3H3;5H,1-3H3;(H,5,6,7)/q+1;;;;/p-1/i;2*1D3,2D3,3D3;1D3;. The first-order valence-corrected chi connectivity index (χ1v) is 17.8. The number of nitrogens with two attached hydrogens (primary N) is 1. The molecule has 0 saturated carbocycles. The van der Waals surface area contributed by atoms with E-state index in [1.165, 1.54) is 45.3 Å².